The average molecular weight is 677 g/mol. The standard InChI is InChI=1S/C35H60N2O3S2Si2/c1-10-13-16-17-18-19-20-21-23-30(32-34(41-28(4)36-32)39-43(6,7)26-14-11-2)24-22-25-31(38)33-35(42-29(5)37-33)40-44(8,9)27-15-12-3/h10,17-18,30H,1,11-16,19-27H2,2-9H3. The van der Waals surface area contributed by atoms with Crippen molar-refractivity contribution >= 4 is 45.1 Å². The molecule has 2 aromatic rings. The number of nitrogens with zero attached hydrogens (tertiary/aromatic N) is 2. The number of aryl methyl sites for hydroxylation is 2. The maximum absolute atomic E-state index is 13.5. The Kier molecular flexibility index (Phi) is 17.4. The van der Waals surface area contributed by atoms with Crippen molar-refractivity contribution in [3.8, 4) is 10.1 Å². The molecule has 0 aliphatic rings. The van der Waals surface area contributed by atoms with Crippen molar-refractivity contribution in [3.05, 3.63) is 46.2 Å². The van der Waals surface area contributed by atoms with Gasteiger partial charge in [-0.1, -0.05) is 86.9 Å². The van der Waals surface area contributed by atoms with Crippen molar-refractivity contribution in [2.45, 2.75) is 155 Å². The van der Waals surface area contributed by atoms with Crippen LogP contribution in [-0.4, -0.2) is 32.4 Å². The lowest BCUT2D eigenvalue weighted by Gasteiger charge is -2.25. The Balaban J connectivity index is 2.14. The zero-order valence-electron chi connectivity index (χ0n) is 29.1. The summed E-state index contributed by atoms with van der Waals surface area (Å²) in [6, 6.07) is 2.25. The second-order valence-corrected chi connectivity index (χ2v) is 24.1. The molecule has 248 valence electrons. The molecule has 2 rings (SSSR count). The molecule has 0 aliphatic heterocycles. The number of rotatable bonds is 24. The van der Waals surface area contributed by atoms with E-state index in [-0.39, 0.29) is 11.7 Å². The van der Waals surface area contributed by atoms with Gasteiger partial charge in [0.25, 0.3) is 0 Å². The second kappa shape index (κ2) is 19.8. The van der Waals surface area contributed by atoms with Crippen LogP contribution in [0.25, 0.3) is 0 Å². The first-order valence-corrected chi connectivity index (χ1v) is 24.9. The minimum atomic E-state index is -1.90. The fourth-order valence-electron chi connectivity index (χ4n) is 5.37. The molecule has 0 amide bonds. The molecule has 0 N–H and O–H groups in total. The first-order chi connectivity index (χ1) is 20.9. The minimum absolute atomic E-state index is 0.104. The SMILES string of the molecule is C=CCCC=CCCCCC(CCCC(=O)c1nc(C)sc1O[Si](C)(C)CCCC)c1nc(C)sc1O[Si](C)(C)CCCC. The van der Waals surface area contributed by atoms with Gasteiger partial charge in [0.05, 0.1) is 15.7 Å². The minimum Gasteiger partial charge on any atom is -0.536 e. The van der Waals surface area contributed by atoms with Gasteiger partial charge >= 0.3 is 0 Å². The van der Waals surface area contributed by atoms with E-state index in [9.17, 15) is 4.79 Å². The van der Waals surface area contributed by atoms with E-state index in [1.165, 1.54) is 24.2 Å². The largest absolute Gasteiger partial charge is 0.536 e. The van der Waals surface area contributed by atoms with Gasteiger partial charge in [0.1, 0.15) is 0 Å². The van der Waals surface area contributed by atoms with E-state index in [0.717, 1.165) is 102 Å². The first kappa shape index (κ1) is 38.6. The predicted octanol–water partition coefficient (Wildman–Crippen LogP) is 12.2. The monoisotopic (exact) mass is 676 g/mol. The number of carbonyl (C=O) groups excluding carboxylic acids is 1. The van der Waals surface area contributed by atoms with Gasteiger partial charge in [0, 0.05) is 12.3 Å². The molecule has 0 spiro atoms. The highest BCUT2D eigenvalue weighted by Gasteiger charge is 2.30. The highest BCUT2D eigenvalue weighted by molar-refractivity contribution is 7.14. The second-order valence-electron chi connectivity index (χ2n) is 13.3. The number of thiazole rings is 2. The summed E-state index contributed by atoms with van der Waals surface area (Å²) in [5.41, 5.74) is 1.66. The Morgan fingerprint density at radius 3 is 2.00 bits per heavy atom. The number of aromatic nitrogens is 2. The van der Waals surface area contributed by atoms with Crippen LogP contribution in [-0.2, 0) is 0 Å². The number of Topliss-reactive ketones (excluding diaryl/α,β-unsaturated/α-hetero) is 1. The van der Waals surface area contributed by atoms with Crippen molar-refractivity contribution in [1.82, 2.24) is 9.97 Å². The third-order valence-corrected chi connectivity index (χ3v) is 14.6. The third kappa shape index (κ3) is 14.3. The topological polar surface area (TPSA) is 61.3 Å². The summed E-state index contributed by atoms with van der Waals surface area (Å²) in [6.45, 7) is 21.5. The van der Waals surface area contributed by atoms with Crippen molar-refractivity contribution in [2.24, 2.45) is 0 Å². The van der Waals surface area contributed by atoms with Crippen LogP contribution in [0.4, 0.5) is 0 Å². The van der Waals surface area contributed by atoms with Crippen LogP contribution in [0, 0.1) is 13.8 Å². The van der Waals surface area contributed by atoms with Gasteiger partial charge in [-0.3, -0.25) is 4.79 Å². The summed E-state index contributed by atoms with van der Waals surface area (Å²) < 4.78 is 13.3. The maximum atomic E-state index is 13.5. The molecule has 2 heterocycles. The lowest BCUT2D eigenvalue weighted by atomic mass is 9.92. The van der Waals surface area contributed by atoms with Crippen LogP contribution < -0.4 is 8.85 Å². The Bertz CT molecular complexity index is 1170. The highest BCUT2D eigenvalue weighted by atomic mass is 32.1. The molecule has 0 fully saturated rings. The molecule has 9 heteroatoms. The number of allylic oxidation sites excluding steroid dienone is 3. The van der Waals surface area contributed by atoms with Crippen LogP contribution in [0.3, 0.4) is 0 Å². The average Bonchev–Trinajstić information content (AvgIpc) is 3.51. The summed E-state index contributed by atoms with van der Waals surface area (Å²) in [7, 11) is -3.73. The van der Waals surface area contributed by atoms with Gasteiger partial charge in [-0.25, -0.2) is 9.97 Å². The van der Waals surface area contributed by atoms with Gasteiger partial charge < -0.3 is 8.85 Å². The molecule has 5 nitrogen and oxygen atoms in total. The fraction of sp³-hybridized carbons (Fsp3) is 0.686. The van der Waals surface area contributed by atoms with Gasteiger partial charge in [0.2, 0.25) is 16.6 Å². The molecule has 0 radical (unpaired) electrons. The van der Waals surface area contributed by atoms with Crippen molar-refractivity contribution < 1.29 is 13.6 Å². The number of unbranched alkanes of at least 4 members (excludes halogenated alkanes) is 5. The number of ketones is 1. The normalized spacial score (nSPS) is 13.0. The van der Waals surface area contributed by atoms with Crippen LogP contribution in [0.15, 0.2) is 24.8 Å². The third-order valence-electron chi connectivity index (χ3n) is 7.92. The Hall–Kier alpha value is -1.56. The highest BCUT2D eigenvalue weighted by Crippen LogP contribution is 2.40. The van der Waals surface area contributed by atoms with Crippen LogP contribution in [0.2, 0.25) is 38.3 Å². The summed E-state index contributed by atoms with van der Waals surface area (Å²) in [4.78, 5) is 23.2. The molecule has 0 bridgehead atoms. The molecule has 44 heavy (non-hydrogen) atoms. The van der Waals surface area contributed by atoms with Gasteiger partial charge in [0.15, 0.2) is 21.6 Å². The van der Waals surface area contributed by atoms with Gasteiger partial charge in [-0.2, -0.15) is 0 Å². The Labute approximate surface area is 279 Å². The zero-order valence-corrected chi connectivity index (χ0v) is 32.7. The first-order valence-electron chi connectivity index (χ1n) is 17.0. The van der Waals surface area contributed by atoms with E-state index in [1.54, 1.807) is 11.3 Å². The van der Waals surface area contributed by atoms with Gasteiger partial charge in [-0.05, 0) is 97.1 Å². The smallest absolute Gasteiger partial charge is 0.246 e. The zero-order chi connectivity index (χ0) is 32.6. The molecule has 0 aromatic carbocycles. The lowest BCUT2D eigenvalue weighted by Crippen LogP contribution is -2.34. The van der Waals surface area contributed by atoms with Crippen molar-refractivity contribution in [2.75, 3.05) is 0 Å². The Morgan fingerprint density at radius 2 is 1.36 bits per heavy atom. The summed E-state index contributed by atoms with van der Waals surface area (Å²) in [6.07, 6.45) is 20.0. The van der Waals surface area contributed by atoms with Crippen molar-refractivity contribution in [3.63, 3.8) is 0 Å². The molecule has 1 atom stereocenters. The number of hydrogen-bond acceptors (Lipinski definition) is 7. The summed E-state index contributed by atoms with van der Waals surface area (Å²) >= 11 is 3.23. The molecule has 0 saturated heterocycles. The predicted molar refractivity (Wildman–Crippen MR) is 197 cm³/mol. The quantitative estimate of drug-likeness (QED) is 0.0479. The van der Waals surface area contributed by atoms with E-state index < -0.39 is 16.6 Å². The molecular formula is C35H60N2O3S2Si2. The van der Waals surface area contributed by atoms with E-state index in [0.29, 0.717) is 12.1 Å². The van der Waals surface area contributed by atoms with E-state index in [1.807, 2.05) is 13.0 Å². The molecule has 1 unspecified atom stereocenters. The van der Waals surface area contributed by atoms with E-state index in [2.05, 4.69) is 70.7 Å². The number of carbonyl (C=O) groups is 1. The molecule has 2 aromatic heterocycles. The molecule has 0 saturated carbocycles. The number of hydrogen-bond donors (Lipinski definition) is 0. The molecule has 0 aliphatic carbocycles. The summed E-state index contributed by atoms with van der Waals surface area (Å²) in [5.74, 6) is 0.392. The van der Waals surface area contributed by atoms with Crippen LogP contribution >= 0.6 is 22.7 Å². The van der Waals surface area contributed by atoms with E-state index in [4.69, 9.17) is 13.8 Å². The lowest BCUT2D eigenvalue weighted by molar-refractivity contribution is 0.0972. The summed E-state index contributed by atoms with van der Waals surface area (Å²) in [5, 5.41) is 3.73. The Morgan fingerprint density at radius 1 is 0.795 bits per heavy atom. The maximum Gasteiger partial charge on any atom is 0.246 e. The fourth-order valence-corrected chi connectivity index (χ4v) is 12.3. The molecular weight excluding hydrogens is 617 g/mol. The van der Waals surface area contributed by atoms with Crippen molar-refractivity contribution in [1.29, 1.82) is 0 Å². The van der Waals surface area contributed by atoms with E-state index >= 15 is 0 Å². The van der Waals surface area contributed by atoms with Gasteiger partial charge in [-0.15, -0.1) is 6.58 Å². The van der Waals surface area contributed by atoms with Crippen LogP contribution in [0.5, 0.6) is 10.1 Å². The van der Waals surface area contributed by atoms with Crippen LogP contribution in [0.1, 0.15) is 129 Å².